The van der Waals surface area contributed by atoms with Gasteiger partial charge in [0.15, 0.2) is 6.40 Å². The predicted molar refractivity (Wildman–Crippen MR) is 50.8 cm³/mol. The fraction of sp³-hybridized carbons (Fsp3) is 0.556. The third-order valence-corrected chi connectivity index (χ3v) is 1.59. The Labute approximate surface area is 72.9 Å². The van der Waals surface area contributed by atoms with Gasteiger partial charge in [-0.1, -0.05) is 19.9 Å². The molecule has 0 aromatic heterocycles. The van der Waals surface area contributed by atoms with Crippen LogP contribution in [0.3, 0.4) is 0 Å². The zero-order valence-corrected chi connectivity index (χ0v) is 7.69. The highest BCUT2D eigenvalue weighted by Gasteiger charge is 2.24. The van der Waals surface area contributed by atoms with Gasteiger partial charge in [0.1, 0.15) is 6.04 Å². The Morgan fingerprint density at radius 3 is 2.92 bits per heavy atom. The van der Waals surface area contributed by atoms with Crippen molar-refractivity contribution in [1.29, 1.82) is 0 Å². The van der Waals surface area contributed by atoms with Crippen LogP contribution in [0.4, 0.5) is 0 Å². The highest BCUT2D eigenvalue weighted by molar-refractivity contribution is 5.93. The van der Waals surface area contributed by atoms with Gasteiger partial charge < -0.3 is 4.74 Å². The molecule has 0 aliphatic carbocycles. The van der Waals surface area contributed by atoms with E-state index in [-0.39, 0.29) is 12.3 Å². The van der Waals surface area contributed by atoms with Crippen LogP contribution in [0.2, 0.25) is 0 Å². The minimum Gasteiger partial charge on any atom is -0.456 e. The smallest absolute Gasteiger partial charge is 0.216 e. The molecule has 3 nitrogen and oxygen atoms in total. The summed E-state index contributed by atoms with van der Waals surface area (Å²) >= 11 is 0. The van der Waals surface area contributed by atoms with Crippen LogP contribution in [-0.2, 0) is 4.74 Å². The molecule has 2 atom stereocenters. The molecule has 0 radical (unpaired) electrons. The summed E-state index contributed by atoms with van der Waals surface area (Å²) in [4.78, 5) is 8.28. The van der Waals surface area contributed by atoms with E-state index in [0.29, 0.717) is 0 Å². The van der Waals surface area contributed by atoms with Gasteiger partial charge in [0, 0.05) is 5.71 Å². The molecule has 0 N–H and O–H groups in total. The van der Waals surface area contributed by atoms with E-state index in [1.54, 1.807) is 0 Å². The first-order valence-electron chi connectivity index (χ1n) is 4.26. The van der Waals surface area contributed by atoms with Gasteiger partial charge in [-0.3, -0.25) is 0 Å². The SMILES string of the molecule is CC.CC1=NC2OC=NC2C=C1. The molecule has 2 heterocycles. The lowest BCUT2D eigenvalue weighted by Crippen LogP contribution is -2.21. The Bertz CT molecular complexity index is 231. The van der Waals surface area contributed by atoms with Crippen LogP contribution in [0.5, 0.6) is 0 Å². The largest absolute Gasteiger partial charge is 0.456 e. The highest BCUT2D eigenvalue weighted by Crippen LogP contribution is 2.16. The van der Waals surface area contributed by atoms with E-state index < -0.39 is 0 Å². The maximum Gasteiger partial charge on any atom is 0.216 e. The molecule has 2 rings (SSSR count). The normalized spacial score (nSPS) is 29.8. The number of fused-ring (bicyclic) bond motifs is 1. The van der Waals surface area contributed by atoms with Crippen molar-refractivity contribution in [2.24, 2.45) is 9.98 Å². The molecule has 0 aromatic carbocycles. The minimum atomic E-state index is -0.0787. The summed E-state index contributed by atoms with van der Waals surface area (Å²) in [5, 5.41) is 0. The Balaban J connectivity index is 0.000000336. The lowest BCUT2D eigenvalue weighted by molar-refractivity contribution is 0.224. The summed E-state index contributed by atoms with van der Waals surface area (Å²) in [6.45, 7) is 5.95. The topological polar surface area (TPSA) is 34.0 Å². The standard InChI is InChI=1S/C7H8N2O.C2H6/c1-5-2-3-6-7(9-5)10-4-8-6;1-2/h2-4,6-7H,1H3;1-2H3. The maximum atomic E-state index is 5.10. The van der Waals surface area contributed by atoms with Crippen molar-refractivity contribution in [3.63, 3.8) is 0 Å². The Morgan fingerprint density at radius 1 is 1.42 bits per heavy atom. The first-order chi connectivity index (χ1) is 5.86. The molecule has 0 aromatic rings. The van der Waals surface area contributed by atoms with E-state index in [9.17, 15) is 0 Å². The van der Waals surface area contributed by atoms with Crippen LogP contribution < -0.4 is 0 Å². The molecule has 0 spiro atoms. The highest BCUT2D eigenvalue weighted by atomic mass is 16.5. The van der Waals surface area contributed by atoms with Gasteiger partial charge in [0.05, 0.1) is 0 Å². The first-order valence-corrected chi connectivity index (χ1v) is 4.26. The van der Waals surface area contributed by atoms with E-state index in [2.05, 4.69) is 9.98 Å². The molecule has 66 valence electrons. The summed E-state index contributed by atoms with van der Waals surface area (Å²) in [6.07, 6.45) is 5.37. The average Bonchev–Trinajstić information content (AvgIpc) is 2.54. The summed E-state index contributed by atoms with van der Waals surface area (Å²) in [5.41, 5.74) is 1.01. The second-order valence-electron chi connectivity index (χ2n) is 2.40. The van der Waals surface area contributed by atoms with Crippen molar-refractivity contribution in [2.45, 2.75) is 33.0 Å². The number of ether oxygens (including phenoxy) is 1. The number of hydrogen-bond donors (Lipinski definition) is 0. The third kappa shape index (κ3) is 1.72. The first kappa shape index (κ1) is 8.97. The van der Waals surface area contributed by atoms with Gasteiger partial charge in [0.25, 0.3) is 0 Å². The lowest BCUT2D eigenvalue weighted by Gasteiger charge is -2.13. The Hall–Kier alpha value is -1.12. The molecule has 0 fully saturated rings. The van der Waals surface area contributed by atoms with Crippen molar-refractivity contribution >= 4 is 12.1 Å². The third-order valence-electron chi connectivity index (χ3n) is 1.59. The lowest BCUT2D eigenvalue weighted by atomic mass is 10.2. The fourth-order valence-electron chi connectivity index (χ4n) is 1.06. The van der Waals surface area contributed by atoms with E-state index in [1.165, 1.54) is 6.40 Å². The fourth-order valence-corrected chi connectivity index (χ4v) is 1.06. The number of allylic oxidation sites excluding steroid dienone is 1. The number of hydrogen-bond acceptors (Lipinski definition) is 3. The molecule has 2 aliphatic rings. The van der Waals surface area contributed by atoms with Crippen LogP contribution in [0.15, 0.2) is 22.1 Å². The molecule has 0 saturated heterocycles. The van der Waals surface area contributed by atoms with Crippen LogP contribution in [0.1, 0.15) is 20.8 Å². The molecule has 2 unspecified atom stereocenters. The molecule has 3 heteroatoms. The molecular formula is C9H14N2O. The van der Waals surface area contributed by atoms with Crippen molar-refractivity contribution < 1.29 is 4.74 Å². The minimum absolute atomic E-state index is 0.0787. The van der Waals surface area contributed by atoms with Gasteiger partial charge in [-0.2, -0.15) is 0 Å². The van der Waals surface area contributed by atoms with Crippen LogP contribution in [0.25, 0.3) is 0 Å². The van der Waals surface area contributed by atoms with E-state index >= 15 is 0 Å². The molecule has 0 bridgehead atoms. The van der Waals surface area contributed by atoms with Crippen LogP contribution in [0, 0.1) is 0 Å². The average molecular weight is 166 g/mol. The molecule has 12 heavy (non-hydrogen) atoms. The van der Waals surface area contributed by atoms with Crippen LogP contribution in [-0.4, -0.2) is 24.4 Å². The van der Waals surface area contributed by atoms with Crippen molar-refractivity contribution in [3.05, 3.63) is 12.2 Å². The van der Waals surface area contributed by atoms with E-state index in [4.69, 9.17) is 4.74 Å². The number of aliphatic imine (C=N–C) groups is 2. The van der Waals surface area contributed by atoms with Gasteiger partial charge >= 0.3 is 0 Å². The molecule has 0 amide bonds. The number of dihydropyridines is 1. The van der Waals surface area contributed by atoms with Gasteiger partial charge in [-0.15, -0.1) is 0 Å². The zero-order chi connectivity index (χ0) is 8.97. The summed E-state index contributed by atoms with van der Waals surface area (Å²) in [7, 11) is 0. The second-order valence-corrected chi connectivity index (χ2v) is 2.40. The van der Waals surface area contributed by atoms with E-state index in [0.717, 1.165) is 5.71 Å². The van der Waals surface area contributed by atoms with Gasteiger partial charge in [0.2, 0.25) is 6.23 Å². The Morgan fingerprint density at radius 2 is 2.17 bits per heavy atom. The van der Waals surface area contributed by atoms with Crippen molar-refractivity contribution in [3.8, 4) is 0 Å². The van der Waals surface area contributed by atoms with Crippen LogP contribution >= 0.6 is 0 Å². The second kappa shape index (κ2) is 4.04. The van der Waals surface area contributed by atoms with Crippen molar-refractivity contribution in [1.82, 2.24) is 0 Å². The van der Waals surface area contributed by atoms with Gasteiger partial charge in [-0.05, 0) is 13.0 Å². The number of rotatable bonds is 0. The molecule has 2 aliphatic heterocycles. The molecular weight excluding hydrogens is 152 g/mol. The summed E-state index contributed by atoms with van der Waals surface area (Å²) in [5.74, 6) is 0. The van der Waals surface area contributed by atoms with E-state index in [1.807, 2.05) is 32.9 Å². The Kier molecular flexibility index (Phi) is 3.02. The number of nitrogens with zero attached hydrogens (tertiary/aromatic N) is 2. The van der Waals surface area contributed by atoms with Crippen molar-refractivity contribution in [2.75, 3.05) is 0 Å². The monoisotopic (exact) mass is 166 g/mol. The maximum absolute atomic E-state index is 5.10. The predicted octanol–water partition coefficient (Wildman–Crippen LogP) is 1.80. The molecule has 0 saturated carbocycles. The quantitative estimate of drug-likeness (QED) is 0.540. The summed E-state index contributed by atoms with van der Waals surface area (Å²) < 4.78 is 5.10. The zero-order valence-electron chi connectivity index (χ0n) is 7.69. The van der Waals surface area contributed by atoms with Gasteiger partial charge in [-0.25, -0.2) is 9.98 Å². The summed E-state index contributed by atoms with van der Waals surface area (Å²) in [6, 6.07) is 0.128.